The average Bonchev–Trinajstić information content (AvgIpc) is 2.27. The first-order valence-corrected chi connectivity index (χ1v) is 3.55. The van der Waals surface area contributed by atoms with Crippen LogP contribution in [-0.2, 0) is 0 Å². The van der Waals surface area contributed by atoms with Gasteiger partial charge in [0.1, 0.15) is 11.0 Å². The lowest BCUT2D eigenvalue weighted by Crippen LogP contribution is -1.80. The number of halogens is 1. The zero-order valence-electron chi connectivity index (χ0n) is 5.03. The van der Waals surface area contributed by atoms with E-state index in [0.29, 0.717) is 0 Å². The van der Waals surface area contributed by atoms with Crippen LogP contribution in [0.4, 0.5) is 0 Å². The highest BCUT2D eigenvalue weighted by atomic mass is 79.9. The van der Waals surface area contributed by atoms with Gasteiger partial charge < -0.3 is 0 Å². The molecule has 1 aromatic carbocycles. The van der Waals surface area contributed by atoms with E-state index in [1.54, 1.807) is 0 Å². The number of fused-ring (bicyclic) bond motifs is 1. The zero-order chi connectivity index (χ0) is 6.97. The van der Waals surface area contributed by atoms with Gasteiger partial charge >= 0.3 is 0 Å². The number of benzene rings is 1. The Morgan fingerprint density at radius 1 is 1.10 bits per heavy atom. The molecule has 0 fully saturated rings. The van der Waals surface area contributed by atoms with Gasteiger partial charge in [-0.3, -0.25) is 0 Å². The zero-order valence-corrected chi connectivity index (χ0v) is 6.62. The molecule has 0 aliphatic rings. The smallest absolute Gasteiger partial charge is 0.114 e. The van der Waals surface area contributed by atoms with Crippen LogP contribution in [0.2, 0.25) is 0 Å². The Morgan fingerprint density at radius 3 is 2.10 bits per heavy atom. The second-order valence-electron chi connectivity index (χ2n) is 1.93. The van der Waals surface area contributed by atoms with Crippen molar-refractivity contribution in [1.29, 1.82) is 0 Å². The number of hydrogen-bond donors (Lipinski definition) is 0. The molecule has 10 heavy (non-hydrogen) atoms. The van der Waals surface area contributed by atoms with Gasteiger partial charge in [0.05, 0.1) is 16.1 Å². The van der Waals surface area contributed by atoms with Gasteiger partial charge in [-0.2, -0.15) is 0 Å². The van der Waals surface area contributed by atoms with E-state index in [9.17, 15) is 0 Å². The van der Waals surface area contributed by atoms with E-state index in [4.69, 9.17) is 0 Å². The van der Waals surface area contributed by atoms with E-state index in [0.717, 1.165) is 11.0 Å². The van der Waals surface area contributed by atoms with Crippen molar-refractivity contribution in [2.45, 2.75) is 0 Å². The molecule has 0 aliphatic carbocycles. The third-order valence-corrected chi connectivity index (χ3v) is 1.58. The van der Waals surface area contributed by atoms with Crippen LogP contribution in [0, 0.1) is 0 Å². The maximum Gasteiger partial charge on any atom is 0.114 e. The van der Waals surface area contributed by atoms with Crippen LogP contribution in [0.15, 0.2) is 24.3 Å². The van der Waals surface area contributed by atoms with Gasteiger partial charge in [-0.05, 0) is 12.1 Å². The summed E-state index contributed by atoms with van der Waals surface area (Å²) in [6.45, 7) is 0. The molecular formula is C6H4BrN3. The van der Waals surface area contributed by atoms with Gasteiger partial charge in [0, 0.05) is 0 Å². The normalized spacial score (nSPS) is 10.5. The monoisotopic (exact) mass is 197 g/mol. The van der Waals surface area contributed by atoms with E-state index in [2.05, 4.69) is 26.3 Å². The number of rotatable bonds is 0. The van der Waals surface area contributed by atoms with Gasteiger partial charge in [-0.1, -0.05) is 12.1 Å². The highest BCUT2D eigenvalue weighted by Gasteiger charge is 1.95. The van der Waals surface area contributed by atoms with Crippen LogP contribution in [0.1, 0.15) is 0 Å². The Kier molecular flexibility index (Phi) is 1.20. The Bertz CT molecular complexity index is 322. The molecule has 0 atom stereocenters. The quantitative estimate of drug-likeness (QED) is 0.643. The molecule has 3 nitrogen and oxygen atoms in total. The van der Waals surface area contributed by atoms with Gasteiger partial charge in [0.25, 0.3) is 0 Å². The van der Waals surface area contributed by atoms with E-state index in [-0.39, 0.29) is 0 Å². The van der Waals surface area contributed by atoms with Crippen LogP contribution in [0.3, 0.4) is 0 Å². The first-order valence-electron chi connectivity index (χ1n) is 2.84. The van der Waals surface area contributed by atoms with Crippen LogP contribution in [0.5, 0.6) is 0 Å². The van der Waals surface area contributed by atoms with Crippen molar-refractivity contribution >= 4 is 27.2 Å². The lowest BCUT2D eigenvalue weighted by Gasteiger charge is -1.77. The van der Waals surface area contributed by atoms with Crippen molar-refractivity contribution in [1.82, 2.24) is 14.0 Å². The fraction of sp³-hybridized carbons (Fsp3) is 0. The minimum Gasteiger partial charge on any atom is -0.142 e. The largest absolute Gasteiger partial charge is 0.142 e. The summed E-state index contributed by atoms with van der Waals surface area (Å²) < 4.78 is 1.39. The van der Waals surface area contributed by atoms with Gasteiger partial charge in [0.2, 0.25) is 0 Å². The first kappa shape index (κ1) is 5.85. The summed E-state index contributed by atoms with van der Waals surface area (Å²) in [5, 5.41) is 8.07. The fourth-order valence-corrected chi connectivity index (χ4v) is 1.18. The molecule has 0 radical (unpaired) electrons. The lowest BCUT2D eigenvalue weighted by molar-refractivity contribution is 0.901. The molecule has 0 spiro atoms. The topological polar surface area (TPSA) is 30.7 Å². The number of nitrogens with zero attached hydrogens (tertiary/aromatic N) is 3. The van der Waals surface area contributed by atoms with Crippen LogP contribution < -0.4 is 0 Å². The summed E-state index contributed by atoms with van der Waals surface area (Å²) in [4.78, 5) is 0. The maximum atomic E-state index is 4.04. The predicted molar refractivity (Wildman–Crippen MR) is 41.9 cm³/mol. The Hall–Kier alpha value is -0.900. The summed E-state index contributed by atoms with van der Waals surface area (Å²) in [6, 6.07) is 7.70. The minimum atomic E-state index is 0.902. The molecule has 0 saturated carbocycles. The molecule has 1 heterocycles. The lowest BCUT2D eigenvalue weighted by atomic mass is 10.3. The predicted octanol–water partition coefficient (Wildman–Crippen LogP) is 1.59. The summed E-state index contributed by atoms with van der Waals surface area (Å²) >= 11 is 3.12. The Labute approximate surface area is 66.0 Å². The van der Waals surface area contributed by atoms with E-state index >= 15 is 0 Å². The molecule has 2 rings (SSSR count). The van der Waals surface area contributed by atoms with Gasteiger partial charge in [0.15, 0.2) is 0 Å². The van der Waals surface area contributed by atoms with Gasteiger partial charge in [-0.15, -0.1) is 14.0 Å². The van der Waals surface area contributed by atoms with E-state index in [1.807, 2.05) is 24.3 Å². The van der Waals surface area contributed by atoms with Gasteiger partial charge in [-0.25, -0.2) is 0 Å². The summed E-state index contributed by atoms with van der Waals surface area (Å²) in [5.74, 6) is 0. The SMILES string of the molecule is Brn1nc2ccccc2n1. The molecule has 2 aromatic rings. The molecule has 0 saturated heterocycles. The molecule has 0 amide bonds. The van der Waals surface area contributed by atoms with Crippen molar-refractivity contribution in [3.05, 3.63) is 24.3 Å². The number of aromatic nitrogens is 3. The first-order chi connectivity index (χ1) is 4.86. The molecule has 4 heteroatoms. The van der Waals surface area contributed by atoms with Crippen molar-refractivity contribution < 1.29 is 0 Å². The molecule has 50 valence electrons. The molecule has 0 aliphatic heterocycles. The fourth-order valence-electron chi connectivity index (χ4n) is 0.833. The molecular weight excluding hydrogens is 194 g/mol. The van der Waals surface area contributed by atoms with Crippen molar-refractivity contribution in [2.75, 3.05) is 0 Å². The van der Waals surface area contributed by atoms with Crippen LogP contribution in [0.25, 0.3) is 11.0 Å². The highest BCUT2D eigenvalue weighted by Crippen LogP contribution is 2.07. The average molecular weight is 198 g/mol. The van der Waals surface area contributed by atoms with Crippen molar-refractivity contribution in [2.24, 2.45) is 0 Å². The molecule has 0 unspecified atom stereocenters. The van der Waals surface area contributed by atoms with Crippen molar-refractivity contribution in [3.8, 4) is 0 Å². The minimum absolute atomic E-state index is 0.902. The summed E-state index contributed by atoms with van der Waals surface area (Å²) in [6.07, 6.45) is 0. The third-order valence-electron chi connectivity index (χ3n) is 1.26. The summed E-state index contributed by atoms with van der Waals surface area (Å²) in [5.41, 5.74) is 1.80. The Balaban J connectivity index is 2.88. The van der Waals surface area contributed by atoms with Crippen molar-refractivity contribution in [3.63, 3.8) is 0 Å². The van der Waals surface area contributed by atoms with Crippen LogP contribution in [-0.4, -0.2) is 14.0 Å². The molecule has 0 bridgehead atoms. The van der Waals surface area contributed by atoms with E-state index < -0.39 is 0 Å². The third kappa shape index (κ3) is 0.806. The standard InChI is InChI=1S/C6H4BrN3/c7-10-8-5-3-1-2-4-6(5)9-10/h1-4H. The second-order valence-corrected chi connectivity index (χ2v) is 2.56. The van der Waals surface area contributed by atoms with Crippen LogP contribution >= 0.6 is 16.1 Å². The maximum absolute atomic E-state index is 4.04. The Morgan fingerprint density at radius 2 is 1.60 bits per heavy atom. The highest BCUT2D eigenvalue weighted by molar-refractivity contribution is 9.08. The molecule has 0 N–H and O–H groups in total. The number of hydrogen-bond acceptors (Lipinski definition) is 2. The second kappa shape index (κ2) is 2.05. The summed E-state index contributed by atoms with van der Waals surface area (Å²) in [7, 11) is 0. The molecule has 1 aromatic heterocycles. The van der Waals surface area contributed by atoms with E-state index in [1.165, 1.54) is 3.82 Å².